The maximum atomic E-state index is 6.19. The standard InChI is InChI=1S/C19H17NO/c1-3-9-15-13(7-1)14-8-2-4-10-16(14)19(15)17-11-5-6-12-18(17)20-21-19/h1-4,7-10,17H,5-6,11-12H2. The summed E-state index contributed by atoms with van der Waals surface area (Å²) in [6.45, 7) is 0. The average molecular weight is 275 g/mol. The lowest BCUT2D eigenvalue weighted by molar-refractivity contribution is -0.0148. The molecule has 2 heteroatoms. The van der Waals surface area contributed by atoms with Crippen molar-refractivity contribution in [1.82, 2.24) is 0 Å². The van der Waals surface area contributed by atoms with Gasteiger partial charge in [0.15, 0.2) is 5.60 Å². The van der Waals surface area contributed by atoms with E-state index in [1.807, 2.05) is 0 Å². The number of rotatable bonds is 0. The maximum absolute atomic E-state index is 6.19. The quantitative estimate of drug-likeness (QED) is 0.694. The molecular weight excluding hydrogens is 258 g/mol. The van der Waals surface area contributed by atoms with E-state index >= 15 is 0 Å². The molecule has 104 valence electrons. The molecule has 0 bridgehead atoms. The van der Waals surface area contributed by atoms with Crippen molar-refractivity contribution in [1.29, 1.82) is 0 Å². The highest BCUT2D eigenvalue weighted by Crippen LogP contribution is 2.57. The van der Waals surface area contributed by atoms with E-state index in [0.29, 0.717) is 5.92 Å². The van der Waals surface area contributed by atoms with Crippen molar-refractivity contribution in [2.75, 3.05) is 0 Å². The first-order valence-corrected chi connectivity index (χ1v) is 7.85. The topological polar surface area (TPSA) is 21.6 Å². The van der Waals surface area contributed by atoms with Crippen LogP contribution in [0.1, 0.15) is 36.8 Å². The van der Waals surface area contributed by atoms with Crippen molar-refractivity contribution in [3.05, 3.63) is 59.7 Å². The van der Waals surface area contributed by atoms with Gasteiger partial charge in [0.25, 0.3) is 0 Å². The van der Waals surface area contributed by atoms with Crippen LogP contribution in [-0.4, -0.2) is 5.71 Å². The molecule has 21 heavy (non-hydrogen) atoms. The van der Waals surface area contributed by atoms with Crippen LogP contribution in [0.25, 0.3) is 11.1 Å². The highest BCUT2D eigenvalue weighted by atomic mass is 16.7. The molecule has 1 spiro atoms. The number of fused-ring (bicyclic) bond motifs is 7. The molecule has 2 aliphatic carbocycles. The van der Waals surface area contributed by atoms with E-state index < -0.39 is 0 Å². The van der Waals surface area contributed by atoms with Crippen molar-refractivity contribution in [3.8, 4) is 11.1 Å². The van der Waals surface area contributed by atoms with Crippen molar-refractivity contribution in [2.24, 2.45) is 11.1 Å². The molecule has 2 aromatic carbocycles. The van der Waals surface area contributed by atoms with Gasteiger partial charge in [0.2, 0.25) is 0 Å². The van der Waals surface area contributed by atoms with Crippen LogP contribution in [0.5, 0.6) is 0 Å². The fourth-order valence-corrected chi connectivity index (χ4v) is 4.44. The molecule has 3 aliphatic rings. The van der Waals surface area contributed by atoms with E-state index in [1.165, 1.54) is 47.2 Å². The minimum absolute atomic E-state index is 0.358. The molecule has 0 saturated heterocycles. The first-order chi connectivity index (χ1) is 10.4. The van der Waals surface area contributed by atoms with E-state index in [1.54, 1.807) is 0 Å². The molecule has 1 fully saturated rings. The van der Waals surface area contributed by atoms with Crippen LogP contribution < -0.4 is 0 Å². The summed E-state index contributed by atoms with van der Waals surface area (Å²) in [5.41, 5.74) is 6.15. The molecular formula is C19H17NO. The van der Waals surface area contributed by atoms with Crippen LogP contribution in [0.3, 0.4) is 0 Å². The Bertz CT molecular complexity index is 716. The third-order valence-electron chi connectivity index (χ3n) is 5.32. The number of nitrogens with zero attached hydrogens (tertiary/aromatic N) is 1. The lowest BCUT2D eigenvalue weighted by Gasteiger charge is -2.33. The van der Waals surface area contributed by atoms with Gasteiger partial charge in [-0.25, -0.2) is 0 Å². The highest BCUT2D eigenvalue weighted by molar-refractivity contribution is 5.93. The second kappa shape index (κ2) is 3.97. The lowest BCUT2D eigenvalue weighted by Crippen LogP contribution is -2.37. The summed E-state index contributed by atoms with van der Waals surface area (Å²) in [4.78, 5) is 6.19. The van der Waals surface area contributed by atoms with Gasteiger partial charge in [-0.15, -0.1) is 0 Å². The Kier molecular flexibility index (Phi) is 2.19. The number of benzene rings is 2. The summed E-state index contributed by atoms with van der Waals surface area (Å²) in [7, 11) is 0. The lowest BCUT2D eigenvalue weighted by atomic mass is 9.71. The van der Waals surface area contributed by atoms with Crippen LogP contribution in [0.2, 0.25) is 0 Å². The predicted molar refractivity (Wildman–Crippen MR) is 83.1 cm³/mol. The second-order valence-electron chi connectivity index (χ2n) is 6.30. The van der Waals surface area contributed by atoms with E-state index in [2.05, 4.69) is 53.7 Å². The summed E-state index contributed by atoms with van der Waals surface area (Å²) in [6, 6.07) is 17.4. The summed E-state index contributed by atoms with van der Waals surface area (Å²) in [5, 5.41) is 4.51. The molecule has 1 unspecified atom stereocenters. The molecule has 2 aromatic rings. The zero-order valence-corrected chi connectivity index (χ0v) is 11.9. The van der Waals surface area contributed by atoms with Crippen LogP contribution in [0, 0.1) is 5.92 Å². The second-order valence-corrected chi connectivity index (χ2v) is 6.30. The van der Waals surface area contributed by atoms with Crippen LogP contribution in [0.15, 0.2) is 53.7 Å². The third-order valence-corrected chi connectivity index (χ3v) is 5.32. The summed E-state index contributed by atoms with van der Waals surface area (Å²) < 4.78 is 0. The van der Waals surface area contributed by atoms with Crippen molar-refractivity contribution >= 4 is 5.71 Å². The Labute approximate surface area is 124 Å². The molecule has 1 atom stereocenters. The zero-order valence-electron chi connectivity index (χ0n) is 11.9. The van der Waals surface area contributed by atoms with Crippen molar-refractivity contribution in [2.45, 2.75) is 31.3 Å². The summed E-state index contributed by atoms with van der Waals surface area (Å²) >= 11 is 0. The minimum Gasteiger partial charge on any atom is -0.379 e. The van der Waals surface area contributed by atoms with Gasteiger partial charge < -0.3 is 4.84 Å². The first-order valence-electron chi connectivity index (χ1n) is 7.85. The largest absolute Gasteiger partial charge is 0.379 e. The predicted octanol–water partition coefficient (Wildman–Crippen LogP) is 4.49. The van der Waals surface area contributed by atoms with E-state index in [4.69, 9.17) is 4.84 Å². The molecule has 0 aromatic heterocycles. The van der Waals surface area contributed by atoms with Crippen LogP contribution in [0.4, 0.5) is 0 Å². The zero-order chi connectivity index (χ0) is 13.9. The van der Waals surface area contributed by atoms with Gasteiger partial charge in [0, 0.05) is 11.1 Å². The Morgan fingerprint density at radius 2 is 1.57 bits per heavy atom. The normalized spacial score (nSPS) is 24.0. The minimum atomic E-state index is -0.358. The van der Waals surface area contributed by atoms with Gasteiger partial charge in [0.05, 0.1) is 11.6 Å². The molecule has 1 heterocycles. The molecule has 1 saturated carbocycles. The summed E-state index contributed by atoms with van der Waals surface area (Å²) in [5.74, 6) is 0.413. The van der Waals surface area contributed by atoms with Gasteiger partial charge >= 0.3 is 0 Å². The third kappa shape index (κ3) is 1.31. The SMILES string of the molecule is c1ccc2c(c1)-c1ccccc1C21ON=C2CCCCC21. The van der Waals surface area contributed by atoms with E-state index in [0.717, 1.165) is 6.42 Å². The van der Waals surface area contributed by atoms with Gasteiger partial charge in [-0.05, 0) is 30.4 Å². The Balaban J connectivity index is 1.81. The fraction of sp³-hybridized carbons (Fsp3) is 0.316. The smallest absolute Gasteiger partial charge is 0.197 e. The van der Waals surface area contributed by atoms with Gasteiger partial charge in [-0.2, -0.15) is 0 Å². The maximum Gasteiger partial charge on any atom is 0.197 e. The Morgan fingerprint density at radius 3 is 2.29 bits per heavy atom. The molecule has 0 N–H and O–H groups in total. The Hall–Kier alpha value is -2.09. The van der Waals surface area contributed by atoms with Gasteiger partial charge in [0.1, 0.15) is 0 Å². The molecule has 0 radical (unpaired) electrons. The monoisotopic (exact) mass is 275 g/mol. The van der Waals surface area contributed by atoms with Crippen LogP contribution >= 0.6 is 0 Å². The van der Waals surface area contributed by atoms with Crippen molar-refractivity contribution in [3.63, 3.8) is 0 Å². The number of oxime groups is 1. The Morgan fingerprint density at radius 1 is 0.905 bits per heavy atom. The number of hydrogen-bond donors (Lipinski definition) is 0. The van der Waals surface area contributed by atoms with Crippen molar-refractivity contribution < 1.29 is 4.84 Å². The summed E-state index contributed by atoms with van der Waals surface area (Å²) in [6.07, 6.45) is 4.80. The van der Waals surface area contributed by atoms with Gasteiger partial charge in [-0.1, -0.05) is 60.1 Å². The van der Waals surface area contributed by atoms with E-state index in [9.17, 15) is 0 Å². The fourth-order valence-electron chi connectivity index (χ4n) is 4.44. The first kappa shape index (κ1) is 11.6. The molecule has 0 amide bonds. The van der Waals surface area contributed by atoms with Crippen LogP contribution in [-0.2, 0) is 10.4 Å². The van der Waals surface area contributed by atoms with E-state index in [-0.39, 0.29) is 5.60 Å². The number of hydrogen-bond acceptors (Lipinski definition) is 2. The molecule has 5 rings (SSSR count). The van der Waals surface area contributed by atoms with Gasteiger partial charge in [-0.3, -0.25) is 0 Å². The molecule has 2 nitrogen and oxygen atoms in total. The highest BCUT2D eigenvalue weighted by Gasteiger charge is 2.56. The average Bonchev–Trinajstić information content (AvgIpc) is 3.08. The molecule has 1 aliphatic heterocycles.